The van der Waals surface area contributed by atoms with Crippen LogP contribution in [0, 0.1) is 5.41 Å². The molecular weight excluding hydrogens is 220 g/mol. The van der Waals surface area contributed by atoms with Crippen LogP contribution in [0.2, 0.25) is 5.02 Å². The maximum Gasteiger partial charge on any atom is 0.0615 e. The quantitative estimate of drug-likeness (QED) is 0.759. The van der Waals surface area contributed by atoms with Gasteiger partial charge in [0.2, 0.25) is 0 Å². The summed E-state index contributed by atoms with van der Waals surface area (Å²) in [5, 5.41) is 0.757. The predicted molar refractivity (Wildman–Crippen MR) is 71.1 cm³/mol. The van der Waals surface area contributed by atoms with E-state index in [-0.39, 0.29) is 0 Å². The summed E-state index contributed by atoms with van der Waals surface area (Å²) >= 11 is 6.02. The monoisotopic (exact) mass is 238 g/mol. The van der Waals surface area contributed by atoms with Gasteiger partial charge in [0.15, 0.2) is 0 Å². The van der Waals surface area contributed by atoms with Crippen LogP contribution in [0.3, 0.4) is 0 Å². The Bertz CT molecular complexity index is 388. The zero-order valence-electron chi connectivity index (χ0n) is 9.96. The van der Waals surface area contributed by atoms with Crippen LogP contribution in [0.1, 0.15) is 26.7 Å². The fraction of sp³-hybridized carbons (Fsp3) is 0.538. The van der Waals surface area contributed by atoms with Gasteiger partial charge in [-0.1, -0.05) is 25.4 Å². The highest BCUT2D eigenvalue weighted by Crippen LogP contribution is 2.35. The lowest BCUT2D eigenvalue weighted by atomic mass is 9.84. The molecule has 1 aliphatic rings. The van der Waals surface area contributed by atoms with E-state index < -0.39 is 0 Å². The van der Waals surface area contributed by atoms with Gasteiger partial charge >= 0.3 is 0 Å². The van der Waals surface area contributed by atoms with Crippen LogP contribution in [0.25, 0.3) is 0 Å². The van der Waals surface area contributed by atoms with Gasteiger partial charge < -0.3 is 10.6 Å². The van der Waals surface area contributed by atoms with E-state index in [1.807, 2.05) is 18.2 Å². The Morgan fingerprint density at radius 3 is 2.81 bits per heavy atom. The van der Waals surface area contributed by atoms with Crippen molar-refractivity contribution in [2.24, 2.45) is 5.41 Å². The van der Waals surface area contributed by atoms with E-state index in [0.29, 0.717) is 5.41 Å². The molecule has 0 spiro atoms. The number of nitrogens with two attached hydrogens (primary N) is 1. The Kier molecular flexibility index (Phi) is 3.02. The molecular formula is C13H19ClN2. The van der Waals surface area contributed by atoms with Gasteiger partial charge in [-0.25, -0.2) is 0 Å². The van der Waals surface area contributed by atoms with Crippen molar-refractivity contribution in [1.82, 2.24) is 0 Å². The maximum absolute atomic E-state index is 6.02. The zero-order valence-corrected chi connectivity index (χ0v) is 10.7. The first-order chi connectivity index (χ1) is 7.48. The number of hydrogen-bond acceptors (Lipinski definition) is 2. The van der Waals surface area contributed by atoms with Crippen molar-refractivity contribution in [1.29, 1.82) is 0 Å². The molecule has 88 valence electrons. The molecule has 0 amide bonds. The first-order valence-electron chi connectivity index (χ1n) is 5.78. The van der Waals surface area contributed by atoms with Crippen molar-refractivity contribution < 1.29 is 0 Å². The van der Waals surface area contributed by atoms with Gasteiger partial charge in [-0.3, -0.25) is 0 Å². The van der Waals surface area contributed by atoms with E-state index in [1.54, 1.807) is 0 Å². The maximum atomic E-state index is 6.02. The molecule has 2 rings (SSSR count). The predicted octanol–water partition coefficient (Wildman–Crippen LogP) is 3.55. The molecule has 1 aromatic rings. The van der Waals surface area contributed by atoms with Crippen molar-refractivity contribution in [3.05, 3.63) is 23.2 Å². The molecule has 0 saturated carbocycles. The molecule has 0 aromatic heterocycles. The topological polar surface area (TPSA) is 29.3 Å². The van der Waals surface area contributed by atoms with Crippen LogP contribution in [0.4, 0.5) is 11.4 Å². The first kappa shape index (κ1) is 11.6. The van der Waals surface area contributed by atoms with Gasteiger partial charge in [0.25, 0.3) is 0 Å². The van der Waals surface area contributed by atoms with Gasteiger partial charge in [-0.2, -0.15) is 0 Å². The second kappa shape index (κ2) is 4.17. The lowest BCUT2D eigenvalue weighted by Gasteiger charge is -2.39. The van der Waals surface area contributed by atoms with Crippen LogP contribution in [-0.4, -0.2) is 13.1 Å². The Hall–Kier alpha value is -0.890. The molecule has 1 fully saturated rings. The van der Waals surface area contributed by atoms with Crippen LogP contribution >= 0.6 is 11.6 Å². The van der Waals surface area contributed by atoms with Crippen molar-refractivity contribution in [2.45, 2.75) is 26.7 Å². The molecule has 3 heteroatoms. The minimum atomic E-state index is 0.368. The number of nitrogens with zero attached hydrogens (tertiary/aromatic N) is 1. The lowest BCUT2D eigenvalue weighted by Crippen LogP contribution is -2.40. The normalized spacial score (nSPS) is 19.8. The Morgan fingerprint density at radius 1 is 1.38 bits per heavy atom. The second-order valence-corrected chi connectivity index (χ2v) is 5.83. The Morgan fingerprint density at radius 2 is 2.12 bits per heavy atom. The smallest absolute Gasteiger partial charge is 0.0615 e. The number of nitrogen functional groups attached to an aromatic ring is 1. The van der Waals surface area contributed by atoms with E-state index in [0.717, 1.165) is 29.5 Å². The largest absolute Gasteiger partial charge is 0.397 e. The fourth-order valence-electron chi connectivity index (χ4n) is 2.42. The van der Waals surface area contributed by atoms with Crippen molar-refractivity contribution in [3.8, 4) is 0 Å². The third-order valence-corrected chi connectivity index (χ3v) is 3.47. The summed E-state index contributed by atoms with van der Waals surface area (Å²) in [4.78, 5) is 2.35. The second-order valence-electron chi connectivity index (χ2n) is 5.39. The van der Waals surface area contributed by atoms with Crippen LogP contribution < -0.4 is 10.6 Å². The Labute approximate surface area is 102 Å². The van der Waals surface area contributed by atoms with Gasteiger partial charge in [0.1, 0.15) is 0 Å². The molecule has 1 heterocycles. The van der Waals surface area contributed by atoms with E-state index in [1.165, 1.54) is 12.8 Å². The summed E-state index contributed by atoms with van der Waals surface area (Å²) in [7, 11) is 0. The number of anilines is 2. The van der Waals surface area contributed by atoms with E-state index in [4.69, 9.17) is 17.3 Å². The molecule has 1 aromatic carbocycles. The molecule has 16 heavy (non-hydrogen) atoms. The summed E-state index contributed by atoms with van der Waals surface area (Å²) in [6.07, 6.45) is 2.50. The molecule has 1 saturated heterocycles. The summed E-state index contributed by atoms with van der Waals surface area (Å²) < 4.78 is 0. The number of halogens is 1. The van der Waals surface area contributed by atoms with Crippen LogP contribution in [0.5, 0.6) is 0 Å². The number of piperidine rings is 1. The van der Waals surface area contributed by atoms with Gasteiger partial charge in [-0.05, 0) is 36.5 Å². The lowest BCUT2D eigenvalue weighted by molar-refractivity contribution is 0.293. The number of hydrogen-bond donors (Lipinski definition) is 1. The zero-order chi connectivity index (χ0) is 11.8. The minimum absolute atomic E-state index is 0.368. The molecule has 2 nitrogen and oxygen atoms in total. The van der Waals surface area contributed by atoms with E-state index in [2.05, 4.69) is 18.7 Å². The number of rotatable bonds is 1. The summed E-state index contributed by atoms with van der Waals surface area (Å²) in [6.45, 7) is 6.74. The molecule has 0 unspecified atom stereocenters. The highest BCUT2D eigenvalue weighted by atomic mass is 35.5. The van der Waals surface area contributed by atoms with Crippen molar-refractivity contribution in [2.75, 3.05) is 23.7 Å². The number of benzene rings is 1. The highest BCUT2D eigenvalue weighted by molar-refractivity contribution is 6.31. The average molecular weight is 239 g/mol. The molecule has 0 aliphatic carbocycles. The fourth-order valence-corrected chi connectivity index (χ4v) is 2.59. The summed E-state index contributed by atoms with van der Waals surface area (Å²) in [5.74, 6) is 0. The first-order valence-corrected chi connectivity index (χ1v) is 6.16. The van der Waals surface area contributed by atoms with Crippen molar-refractivity contribution in [3.63, 3.8) is 0 Å². The average Bonchev–Trinajstić information content (AvgIpc) is 2.20. The van der Waals surface area contributed by atoms with Crippen LogP contribution in [-0.2, 0) is 0 Å². The minimum Gasteiger partial charge on any atom is -0.397 e. The summed E-state index contributed by atoms with van der Waals surface area (Å²) in [6, 6.07) is 5.70. The van der Waals surface area contributed by atoms with Gasteiger partial charge in [0.05, 0.1) is 11.4 Å². The Balaban J connectivity index is 2.26. The third-order valence-electron chi connectivity index (χ3n) is 3.23. The standard InChI is InChI=1S/C13H19ClN2/c1-13(2)6-3-7-16(9-13)12-8-10(14)4-5-11(12)15/h4-5,8H,3,6-7,9,15H2,1-2H3. The van der Waals surface area contributed by atoms with Gasteiger partial charge in [-0.15, -0.1) is 0 Å². The molecule has 0 atom stereocenters. The molecule has 1 aliphatic heterocycles. The highest BCUT2D eigenvalue weighted by Gasteiger charge is 2.27. The van der Waals surface area contributed by atoms with Crippen molar-refractivity contribution >= 4 is 23.0 Å². The SMILES string of the molecule is CC1(C)CCCN(c2cc(Cl)ccc2N)C1. The molecule has 0 radical (unpaired) electrons. The van der Waals surface area contributed by atoms with E-state index in [9.17, 15) is 0 Å². The summed E-state index contributed by atoms with van der Waals surface area (Å²) in [5.41, 5.74) is 8.28. The third kappa shape index (κ3) is 2.43. The van der Waals surface area contributed by atoms with E-state index >= 15 is 0 Å². The molecule has 2 N–H and O–H groups in total. The van der Waals surface area contributed by atoms with Crippen LogP contribution in [0.15, 0.2) is 18.2 Å². The molecule has 0 bridgehead atoms. The van der Waals surface area contributed by atoms with Gasteiger partial charge in [0, 0.05) is 18.1 Å².